The number of likely N-dealkylation sites (N-methyl/N-ethyl adjacent to an activating group) is 1. The highest BCUT2D eigenvalue weighted by atomic mass is 127. The van der Waals surface area contributed by atoms with E-state index >= 15 is 0 Å². The molecular formula is C18H28IN5OS. The van der Waals surface area contributed by atoms with Gasteiger partial charge in [0, 0.05) is 33.6 Å². The number of hydrogen-bond donors (Lipinski definition) is 1. The second-order valence-corrected chi connectivity index (χ2v) is 6.79. The highest BCUT2D eigenvalue weighted by molar-refractivity contribution is 14.0. The van der Waals surface area contributed by atoms with Gasteiger partial charge in [-0.05, 0) is 18.6 Å². The van der Waals surface area contributed by atoms with Crippen LogP contribution in [0.25, 0.3) is 0 Å². The van der Waals surface area contributed by atoms with Crippen molar-refractivity contribution in [3.8, 4) is 5.75 Å². The summed E-state index contributed by atoms with van der Waals surface area (Å²) in [5.41, 5.74) is 2.16. The maximum Gasteiger partial charge on any atom is 0.193 e. The van der Waals surface area contributed by atoms with Crippen molar-refractivity contribution in [3.63, 3.8) is 0 Å². The van der Waals surface area contributed by atoms with Crippen molar-refractivity contribution in [2.45, 2.75) is 13.5 Å². The molecule has 0 bridgehead atoms. The van der Waals surface area contributed by atoms with Crippen molar-refractivity contribution in [2.75, 3.05) is 46.2 Å². The summed E-state index contributed by atoms with van der Waals surface area (Å²) in [6.45, 7) is 4.05. The smallest absolute Gasteiger partial charge is 0.193 e. The van der Waals surface area contributed by atoms with E-state index in [2.05, 4.69) is 38.6 Å². The van der Waals surface area contributed by atoms with Crippen LogP contribution in [0, 0.1) is 6.92 Å². The lowest BCUT2D eigenvalue weighted by Crippen LogP contribution is -2.40. The molecule has 0 spiro atoms. The van der Waals surface area contributed by atoms with E-state index in [9.17, 15) is 0 Å². The van der Waals surface area contributed by atoms with Crippen LogP contribution in [0.3, 0.4) is 0 Å². The van der Waals surface area contributed by atoms with Gasteiger partial charge in [0.25, 0.3) is 0 Å². The molecule has 2 rings (SSSR count). The van der Waals surface area contributed by atoms with Gasteiger partial charge < -0.3 is 19.9 Å². The molecule has 0 atom stereocenters. The number of aliphatic imine (C=N–C) groups is 1. The van der Waals surface area contributed by atoms with Crippen LogP contribution in [0.15, 0.2) is 34.6 Å². The molecule has 0 amide bonds. The van der Waals surface area contributed by atoms with E-state index in [1.165, 1.54) is 0 Å². The van der Waals surface area contributed by atoms with Crippen LogP contribution in [0.2, 0.25) is 0 Å². The molecule has 0 aliphatic rings. The number of nitrogens with one attached hydrogen (secondary N) is 1. The number of rotatable bonds is 7. The van der Waals surface area contributed by atoms with Gasteiger partial charge in [0.1, 0.15) is 12.4 Å². The van der Waals surface area contributed by atoms with Crippen molar-refractivity contribution >= 4 is 46.4 Å². The third kappa shape index (κ3) is 6.64. The fourth-order valence-electron chi connectivity index (χ4n) is 2.25. The number of guanidine groups is 1. The molecule has 1 aromatic heterocycles. The van der Waals surface area contributed by atoms with Crippen LogP contribution in [-0.2, 0) is 6.54 Å². The normalized spacial score (nSPS) is 10.9. The summed E-state index contributed by atoms with van der Waals surface area (Å²) in [5, 5.41) is 6.42. The van der Waals surface area contributed by atoms with Crippen molar-refractivity contribution in [1.29, 1.82) is 0 Å². The number of aryl methyl sites for hydroxylation is 1. The third-order valence-corrected chi connectivity index (χ3v) is 4.76. The third-order valence-electron chi connectivity index (χ3n) is 3.70. The molecule has 26 heavy (non-hydrogen) atoms. The molecule has 0 saturated carbocycles. The van der Waals surface area contributed by atoms with Gasteiger partial charge in [-0.2, -0.15) is 0 Å². The predicted octanol–water partition coefficient (Wildman–Crippen LogP) is 3.22. The lowest BCUT2D eigenvalue weighted by molar-refractivity contribution is 0.280. The molecule has 0 aliphatic carbocycles. The van der Waals surface area contributed by atoms with Crippen molar-refractivity contribution in [2.24, 2.45) is 4.99 Å². The summed E-state index contributed by atoms with van der Waals surface area (Å²) >= 11 is 1.64. The molecule has 0 fully saturated rings. The van der Waals surface area contributed by atoms with Crippen LogP contribution < -0.4 is 15.0 Å². The Bertz CT molecular complexity index is 704. The Labute approximate surface area is 177 Å². The van der Waals surface area contributed by atoms with Crippen LogP contribution >= 0.6 is 35.3 Å². The summed E-state index contributed by atoms with van der Waals surface area (Å²) < 4.78 is 5.85. The zero-order valence-corrected chi connectivity index (χ0v) is 19.2. The number of ether oxygens (including phenoxy) is 1. The van der Waals surface area contributed by atoms with Crippen molar-refractivity contribution < 1.29 is 4.74 Å². The van der Waals surface area contributed by atoms with Gasteiger partial charge in [0.2, 0.25) is 0 Å². The van der Waals surface area contributed by atoms with E-state index in [-0.39, 0.29) is 24.0 Å². The Morgan fingerprint density at radius 3 is 2.62 bits per heavy atom. The fraction of sp³-hybridized carbons (Fsp3) is 0.444. The molecule has 2 aromatic rings. The zero-order valence-electron chi connectivity index (χ0n) is 16.0. The molecule has 8 heteroatoms. The standard InChI is InChI=1S/C18H27N5OS.HI/c1-14-8-6-7-9-16(14)24-11-10-23(5)17(19-2)20-12-15-13-25-18(21-15)22(3)4;/h6-9,13H,10-12H2,1-5H3,(H,19,20);1H. The van der Waals surface area contributed by atoms with E-state index in [4.69, 9.17) is 4.74 Å². The fourth-order valence-corrected chi connectivity index (χ4v) is 3.01. The molecule has 0 unspecified atom stereocenters. The van der Waals surface area contributed by atoms with Gasteiger partial charge in [0.15, 0.2) is 11.1 Å². The summed E-state index contributed by atoms with van der Waals surface area (Å²) in [7, 11) is 7.78. The van der Waals surface area contributed by atoms with Crippen molar-refractivity contribution in [1.82, 2.24) is 15.2 Å². The van der Waals surface area contributed by atoms with Crippen LogP contribution in [-0.4, -0.2) is 57.2 Å². The molecule has 6 nitrogen and oxygen atoms in total. The average molecular weight is 489 g/mol. The number of aromatic nitrogens is 1. The Morgan fingerprint density at radius 1 is 1.27 bits per heavy atom. The highest BCUT2D eigenvalue weighted by Crippen LogP contribution is 2.18. The summed E-state index contributed by atoms with van der Waals surface area (Å²) in [6.07, 6.45) is 0. The number of nitrogens with zero attached hydrogens (tertiary/aromatic N) is 4. The first kappa shape index (κ1) is 22.5. The van der Waals surface area contributed by atoms with E-state index in [1.54, 1.807) is 18.4 Å². The Balaban J connectivity index is 0.00000338. The largest absolute Gasteiger partial charge is 0.491 e. The first-order valence-corrected chi connectivity index (χ1v) is 9.11. The Morgan fingerprint density at radius 2 is 2.00 bits per heavy atom. The lowest BCUT2D eigenvalue weighted by Gasteiger charge is -2.22. The highest BCUT2D eigenvalue weighted by Gasteiger charge is 2.08. The average Bonchev–Trinajstić information content (AvgIpc) is 3.06. The maximum absolute atomic E-state index is 5.85. The molecule has 144 valence electrons. The molecule has 1 N–H and O–H groups in total. The van der Waals surface area contributed by atoms with E-state index in [0.717, 1.165) is 34.6 Å². The minimum atomic E-state index is 0. The van der Waals surface area contributed by atoms with E-state index in [1.807, 2.05) is 44.2 Å². The summed E-state index contributed by atoms with van der Waals surface area (Å²) in [5.74, 6) is 1.75. The van der Waals surface area contributed by atoms with Crippen LogP contribution in [0.5, 0.6) is 5.75 Å². The SMILES string of the molecule is CN=C(NCc1csc(N(C)C)n1)N(C)CCOc1ccccc1C.I. The number of benzene rings is 1. The molecule has 0 aliphatic heterocycles. The second-order valence-electron chi connectivity index (χ2n) is 5.95. The predicted molar refractivity (Wildman–Crippen MR) is 121 cm³/mol. The molecule has 1 aromatic carbocycles. The topological polar surface area (TPSA) is 53.0 Å². The van der Waals surface area contributed by atoms with Gasteiger partial charge in [-0.25, -0.2) is 4.98 Å². The minimum Gasteiger partial charge on any atom is -0.491 e. The maximum atomic E-state index is 5.85. The monoisotopic (exact) mass is 489 g/mol. The Kier molecular flexibility index (Phi) is 9.71. The Hall–Kier alpha value is -1.55. The quantitative estimate of drug-likeness (QED) is 0.368. The van der Waals surface area contributed by atoms with Gasteiger partial charge in [0.05, 0.1) is 18.8 Å². The zero-order chi connectivity index (χ0) is 18.2. The minimum absolute atomic E-state index is 0. The number of para-hydroxylation sites is 1. The molecular weight excluding hydrogens is 461 g/mol. The second kappa shape index (κ2) is 11.2. The van der Waals surface area contributed by atoms with Crippen LogP contribution in [0.4, 0.5) is 5.13 Å². The lowest BCUT2D eigenvalue weighted by atomic mass is 10.2. The number of halogens is 1. The summed E-state index contributed by atoms with van der Waals surface area (Å²) in [4.78, 5) is 13.0. The first-order chi connectivity index (χ1) is 12.0. The van der Waals surface area contributed by atoms with Gasteiger partial charge in [-0.3, -0.25) is 4.99 Å². The van der Waals surface area contributed by atoms with Gasteiger partial charge in [-0.1, -0.05) is 18.2 Å². The molecule has 1 heterocycles. The summed E-state index contributed by atoms with van der Waals surface area (Å²) in [6, 6.07) is 8.05. The van der Waals surface area contributed by atoms with Crippen LogP contribution in [0.1, 0.15) is 11.3 Å². The first-order valence-electron chi connectivity index (χ1n) is 8.23. The molecule has 0 radical (unpaired) electrons. The van der Waals surface area contributed by atoms with Gasteiger partial charge in [-0.15, -0.1) is 35.3 Å². The number of anilines is 1. The van der Waals surface area contributed by atoms with Crippen molar-refractivity contribution in [3.05, 3.63) is 40.9 Å². The van der Waals surface area contributed by atoms with Gasteiger partial charge >= 0.3 is 0 Å². The number of thiazole rings is 1. The van der Waals surface area contributed by atoms with E-state index in [0.29, 0.717) is 13.2 Å². The van der Waals surface area contributed by atoms with E-state index < -0.39 is 0 Å². The molecule has 0 saturated heterocycles. The number of hydrogen-bond acceptors (Lipinski definition) is 5.